The van der Waals surface area contributed by atoms with Crippen molar-refractivity contribution in [2.45, 2.75) is 19.8 Å². The molecule has 0 bridgehead atoms. The summed E-state index contributed by atoms with van der Waals surface area (Å²) in [5, 5.41) is 19.1. The third kappa shape index (κ3) is 1.74. The fourth-order valence-electron chi connectivity index (χ4n) is 1.82. The first kappa shape index (κ1) is 10.5. The van der Waals surface area contributed by atoms with Crippen LogP contribution in [0.5, 0.6) is 5.75 Å². The number of carboxylic acid groups (broad SMARTS) is 1. The van der Waals surface area contributed by atoms with E-state index in [2.05, 4.69) is 0 Å². The number of benzene rings is 1. The molecule has 0 saturated heterocycles. The SMILES string of the molecule is CCc1c(O)ccc2oc(CC(=O)O)cc12. The molecule has 2 rings (SSSR count). The minimum absolute atomic E-state index is 0.140. The van der Waals surface area contributed by atoms with Crippen molar-refractivity contribution in [3.8, 4) is 5.75 Å². The molecule has 0 radical (unpaired) electrons. The molecule has 1 aromatic heterocycles. The first-order chi connectivity index (χ1) is 7.61. The van der Waals surface area contributed by atoms with Gasteiger partial charge in [-0.3, -0.25) is 4.79 Å². The van der Waals surface area contributed by atoms with Gasteiger partial charge in [-0.05, 0) is 24.6 Å². The lowest BCUT2D eigenvalue weighted by atomic mass is 10.1. The van der Waals surface area contributed by atoms with Crippen LogP contribution in [0.25, 0.3) is 11.0 Å². The molecule has 0 spiro atoms. The fourth-order valence-corrected chi connectivity index (χ4v) is 1.82. The summed E-state index contributed by atoms with van der Waals surface area (Å²) in [7, 11) is 0. The molecular weight excluding hydrogens is 208 g/mol. The number of aliphatic carboxylic acids is 1. The van der Waals surface area contributed by atoms with Gasteiger partial charge in [0, 0.05) is 10.9 Å². The zero-order valence-electron chi connectivity index (χ0n) is 8.86. The predicted molar refractivity (Wildman–Crippen MR) is 58.6 cm³/mol. The molecule has 16 heavy (non-hydrogen) atoms. The lowest BCUT2D eigenvalue weighted by Crippen LogP contribution is -1.97. The molecule has 0 aliphatic carbocycles. The van der Waals surface area contributed by atoms with Crippen LogP contribution in [-0.4, -0.2) is 16.2 Å². The summed E-state index contributed by atoms with van der Waals surface area (Å²) in [5.74, 6) is -0.304. The van der Waals surface area contributed by atoms with Crippen molar-refractivity contribution in [1.29, 1.82) is 0 Å². The Morgan fingerprint density at radius 3 is 2.81 bits per heavy atom. The quantitative estimate of drug-likeness (QED) is 0.832. The minimum Gasteiger partial charge on any atom is -0.508 e. The number of carboxylic acids is 1. The van der Waals surface area contributed by atoms with Crippen molar-refractivity contribution in [1.82, 2.24) is 0 Å². The van der Waals surface area contributed by atoms with Gasteiger partial charge in [-0.25, -0.2) is 0 Å². The van der Waals surface area contributed by atoms with Crippen molar-refractivity contribution in [3.05, 3.63) is 29.5 Å². The third-order valence-electron chi connectivity index (χ3n) is 2.52. The van der Waals surface area contributed by atoms with Crippen molar-refractivity contribution < 1.29 is 19.4 Å². The van der Waals surface area contributed by atoms with Gasteiger partial charge in [0.25, 0.3) is 0 Å². The molecular formula is C12H12O4. The van der Waals surface area contributed by atoms with E-state index in [4.69, 9.17) is 9.52 Å². The van der Waals surface area contributed by atoms with Gasteiger partial charge in [0.05, 0.1) is 0 Å². The first-order valence-electron chi connectivity index (χ1n) is 5.07. The molecule has 0 atom stereocenters. The Hall–Kier alpha value is -1.97. The number of aryl methyl sites for hydroxylation is 1. The van der Waals surface area contributed by atoms with Crippen LogP contribution in [0.15, 0.2) is 22.6 Å². The van der Waals surface area contributed by atoms with Crippen molar-refractivity contribution in [2.24, 2.45) is 0 Å². The van der Waals surface area contributed by atoms with Crippen molar-refractivity contribution in [2.75, 3.05) is 0 Å². The van der Waals surface area contributed by atoms with Crippen LogP contribution in [0.1, 0.15) is 18.2 Å². The lowest BCUT2D eigenvalue weighted by molar-refractivity contribution is -0.136. The number of rotatable bonds is 3. The topological polar surface area (TPSA) is 70.7 Å². The summed E-state index contributed by atoms with van der Waals surface area (Å²) in [4.78, 5) is 10.6. The summed E-state index contributed by atoms with van der Waals surface area (Å²) in [6.45, 7) is 1.93. The molecule has 0 aliphatic heterocycles. The average Bonchev–Trinajstić information content (AvgIpc) is 2.59. The molecule has 4 heteroatoms. The lowest BCUT2D eigenvalue weighted by Gasteiger charge is -2.00. The molecule has 0 fully saturated rings. The van der Waals surface area contributed by atoms with Gasteiger partial charge in [0.1, 0.15) is 23.5 Å². The van der Waals surface area contributed by atoms with E-state index in [1.54, 1.807) is 18.2 Å². The Morgan fingerprint density at radius 1 is 1.44 bits per heavy atom. The van der Waals surface area contributed by atoms with Gasteiger partial charge in [0.2, 0.25) is 0 Å². The maximum absolute atomic E-state index is 10.6. The van der Waals surface area contributed by atoms with Crippen molar-refractivity contribution in [3.63, 3.8) is 0 Å². The fraction of sp³-hybridized carbons (Fsp3) is 0.250. The van der Waals surface area contributed by atoms with E-state index in [1.165, 1.54) is 0 Å². The van der Waals surface area contributed by atoms with E-state index >= 15 is 0 Å². The highest BCUT2D eigenvalue weighted by molar-refractivity contribution is 5.85. The van der Waals surface area contributed by atoms with Gasteiger partial charge < -0.3 is 14.6 Å². The number of hydrogen-bond acceptors (Lipinski definition) is 3. The van der Waals surface area contributed by atoms with E-state index in [1.807, 2.05) is 6.92 Å². The number of furan rings is 1. The molecule has 0 amide bonds. The third-order valence-corrected chi connectivity index (χ3v) is 2.52. The van der Waals surface area contributed by atoms with Gasteiger partial charge in [-0.2, -0.15) is 0 Å². The number of carbonyl (C=O) groups is 1. The predicted octanol–water partition coefficient (Wildman–Crippen LogP) is 2.33. The largest absolute Gasteiger partial charge is 0.508 e. The van der Waals surface area contributed by atoms with Crippen LogP contribution in [0.4, 0.5) is 0 Å². The number of fused-ring (bicyclic) bond motifs is 1. The summed E-state index contributed by atoms with van der Waals surface area (Å²) in [5.41, 5.74) is 1.41. The summed E-state index contributed by atoms with van der Waals surface area (Å²) in [6.07, 6.45) is 0.536. The highest BCUT2D eigenvalue weighted by Gasteiger charge is 2.12. The number of hydrogen-bond donors (Lipinski definition) is 2. The molecule has 2 N–H and O–H groups in total. The Kier molecular flexibility index (Phi) is 2.56. The Labute approximate surface area is 92.1 Å². The Balaban J connectivity index is 2.56. The summed E-state index contributed by atoms with van der Waals surface area (Å²) in [6, 6.07) is 4.90. The monoisotopic (exact) mass is 220 g/mol. The van der Waals surface area contributed by atoms with Crippen LogP contribution >= 0.6 is 0 Å². The second kappa shape index (κ2) is 3.89. The van der Waals surface area contributed by atoms with Crippen LogP contribution < -0.4 is 0 Å². The standard InChI is InChI=1S/C12H12O4/c1-2-8-9-5-7(6-12(14)15)16-11(9)4-3-10(8)13/h3-5,13H,2,6H2,1H3,(H,14,15). The zero-order valence-corrected chi connectivity index (χ0v) is 8.86. The molecule has 84 valence electrons. The highest BCUT2D eigenvalue weighted by atomic mass is 16.4. The first-order valence-corrected chi connectivity index (χ1v) is 5.07. The van der Waals surface area contributed by atoms with Gasteiger partial charge >= 0.3 is 5.97 Å². The van der Waals surface area contributed by atoms with Crippen LogP contribution in [-0.2, 0) is 17.6 Å². The average molecular weight is 220 g/mol. The smallest absolute Gasteiger partial charge is 0.311 e. The molecule has 0 saturated carbocycles. The summed E-state index contributed by atoms with van der Waals surface area (Å²) >= 11 is 0. The Bertz CT molecular complexity index is 539. The molecule has 0 aliphatic rings. The van der Waals surface area contributed by atoms with E-state index in [0.29, 0.717) is 17.8 Å². The molecule has 2 aromatic rings. The maximum Gasteiger partial charge on any atom is 0.311 e. The molecule has 1 heterocycles. The second-order valence-corrected chi connectivity index (χ2v) is 3.61. The zero-order chi connectivity index (χ0) is 11.7. The molecule has 4 nitrogen and oxygen atoms in total. The van der Waals surface area contributed by atoms with Gasteiger partial charge in [0.15, 0.2) is 0 Å². The molecule has 1 aromatic carbocycles. The number of phenols is 1. The van der Waals surface area contributed by atoms with Crippen LogP contribution in [0.3, 0.4) is 0 Å². The minimum atomic E-state index is -0.929. The normalized spacial score (nSPS) is 10.8. The number of phenolic OH excluding ortho intramolecular Hbond substituents is 1. The van der Waals surface area contributed by atoms with Gasteiger partial charge in [-0.15, -0.1) is 0 Å². The highest BCUT2D eigenvalue weighted by Crippen LogP contribution is 2.30. The second-order valence-electron chi connectivity index (χ2n) is 3.61. The van der Waals surface area contributed by atoms with E-state index in [9.17, 15) is 9.90 Å². The molecule has 0 unspecified atom stereocenters. The van der Waals surface area contributed by atoms with E-state index < -0.39 is 5.97 Å². The Morgan fingerprint density at radius 2 is 2.19 bits per heavy atom. The van der Waals surface area contributed by atoms with E-state index in [-0.39, 0.29) is 12.2 Å². The van der Waals surface area contributed by atoms with Crippen LogP contribution in [0, 0.1) is 0 Å². The van der Waals surface area contributed by atoms with Crippen LogP contribution in [0.2, 0.25) is 0 Å². The van der Waals surface area contributed by atoms with Gasteiger partial charge in [-0.1, -0.05) is 6.92 Å². The summed E-state index contributed by atoms with van der Waals surface area (Å²) < 4.78 is 5.38. The van der Waals surface area contributed by atoms with Crippen molar-refractivity contribution >= 4 is 16.9 Å². The van der Waals surface area contributed by atoms with E-state index in [0.717, 1.165) is 10.9 Å². The number of aromatic hydroxyl groups is 1. The maximum atomic E-state index is 10.6.